The Morgan fingerprint density at radius 3 is 3.00 bits per heavy atom. The van der Waals surface area contributed by atoms with Gasteiger partial charge < -0.3 is 9.74 Å². The zero-order valence-electron chi connectivity index (χ0n) is 9.30. The first-order chi connectivity index (χ1) is 7.20. The van der Waals surface area contributed by atoms with Crippen LogP contribution in [0.25, 0.3) is 0 Å². The van der Waals surface area contributed by atoms with E-state index in [0.717, 1.165) is 19.6 Å². The van der Waals surface area contributed by atoms with Crippen LogP contribution in [0.15, 0.2) is 0 Å². The minimum Gasteiger partial charge on any atom is -0.420 e. The van der Waals surface area contributed by atoms with Crippen molar-refractivity contribution < 1.29 is 9.22 Å². The van der Waals surface area contributed by atoms with Gasteiger partial charge in [0.25, 0.3) is 0 Å². The van der Waals surface area contributed by atoms with Crippen molar-refractivity contribution in [1.29, 1.82) is 0 Å². The fraction of sp³-hybridized carbons (Fsp3) is 0.900. The van der Waals surface area contributed by atoms with Gasteiger partial charge in [0.15, 0.2) is 9.04 Å². The van der Waals surface area contributed by atoms with Crippen LogP contribution in [-0.2, 0) is 9.22 Å². The molecule has 2 unspecified atom stereocenters. The maximum atomic E-state index is 11.1. The van der Waals surface area contributed by atoms with E-state index in [1.165, 1.54) is 24.9 Å². The summed E-state index contributed by atoms with van der Waals surface area (Å²) < 4.78 is 5.73. The molecule has 15 heavy (non-hydrogen) atoms. The normalized spacial score (nSPS) is 23.5. The van der Waals surface area contributed by atoms with Crippen LogP contribution >= 0.6 is 11.6 Å². The standard InChI is InChI=1S/C10H20ClNO2Si/c1-9(11)10(13)12-5-4-8-15-7-3-2-6-14-15/h9,15H,2-8H2,1H3,(H,12,13). The summed E-state index contributed by atoms with van der Waals surface area (Å²) in [5.74, 6) is -0.0668. The van der Waals surface area contributed by atoms with Crippen molar-refractivity contribution in [2.45, 2.75) is 43.7 Å². The van der Waals surface area contributed by atoms with E-state index in [1.54, 1.807) is 6.92 Å². The minimum absolute atomic E-state index is 0.0668. The Labute approximate surface area is 98.2 Å². The van der Waals surface area contributed by atoms with Gasteiger partial charge in [-0.1, -0.05) is 6.42 Å². The van der Waals surface area contributed by atoms with E-state index >= 15 is 0 Å². The maximum absolute atomic E-state index is 11.1. The van der Waals surface area contributed by atoms with Gasteiger partial charge in [0.1, 0.15) is 5.38 Å². The average Bonchev–Trinajstić information content (AvgIpc) is 2.25. The fourth-order valence-electron chi connectivity index (χ4n) is 1.72. The predicted molar refractivity (Wildman–Crippen MR) is 64.9 cm³/mol. The molecule has 1 aliphatic heterocycles. The fourth-order valence-corrected chi connectivity index (χ4v) is 4.32. The SMILES string of the molecule is CC(Cl)C(=O)NCCC[SiH]1CCCCO1. The van der Waals surface area contributed by atoms with Crippen LogP contribution in [-0.4, -0.2) is 33.5 Å². The lowest BCUT2D eigenvalue weighted by Gasteiger charge is -2.20. The summed E-state index contributed by atoms with van der Waals surface area (Å²) in [6.45, 7) is 3.39. The molecule has 1 fully saturated rings. The van der Waals surface area contributed by atoms with Crippen molar-refractivity contribution in [2.24, 2.45) is 0 Å². The largest absolute Gasteiger partial charge is 0.420 e. The van der Waals surface area contributed by atoms with E-state index in [1.807, 2.05) is 0 Å². The Morgan fingerprint density at radius 1 is 1.60 bits per heavy atom. The first kappa shape index (κ1) is 13.0. The molecule has 88 valence electrons. The minimum atomic E-state index is -0.898. The van der Waals surface area contributed by atoms with Crippen molar-refractivity contribution in [2.75, 3.05) is 13.2 Å². The highest BCUT2D eigenvalue weighted by Gasteiger charge is 2.15. The Hall–Kier alpha value is -0.0631. The third-order valence-electron chi connectivity index (χ3n) is 2.64. The molecule has 1 rings (SSSR count). The summed E-state index contributed by atoms with van der Waals surface area (Å²) in [7, 11) is -0.898. The smallest absolute Gasteiger partial charge is 0.237 e. The molecular weight excluding hydrogens is 230 g/mol. The number of alkyl halides is 1. The third kappa shape index (κ3) is 5.54. The van der Waals surface area contributed by atoms with Gasteiger partial charge in [-0.15, -0.1) is 11.6 Å². The molecule has 0 saturated carbocycles. The maximum Gasteiger partial charge on any atom is 0.237 e. The summed E-state index contributed by atoms with van der Waals surface area (Å²) in [6, 6.07) is 2.48. The molecule has 0 spiro atoms. The zero-order valence-corrected chi connectivity index (χ0v) is 11.2. The van der Waals surface area contributed by atoms with Crippen LogP contribution in [0.4, 0.5) is 0 Å². The number of rotatable bonds is 5. The summed E-state index contributed by atoms with van der Waals surface area (Å²) in [6.07, 6.45) is 3.60. The second-order valence-corrected chi connectivity index (χ2v) is 7.42. The van der Waals surface area contributed by atoms with Crippen LogP contribution in [0.5, 0.6) is 0 Å². The zero-order chi connectivity index (χ0) is 11.1. The molecule has 0 bridgehead atoms. The molecule has 1 heterocycles. The van der Waals surface area contributed by atoms with E-state index in [-0.39, 0.29) is 5.91 Å². The molecule has 1 aliphatic rings. The topological polar surface area (TPSA) is 38.3 Å². The summed E-state index contributed by atoms with van der Waals surface area (Å²) in [4.78, 5) is 11.1. The number of halogens is 1. The monoisotopic (exact) mass is 249 g/mol. The number of carbonyl (C=O) groups excluding carboxylic acids is 1. The lowest BCUT2D eigenvalue weighted by molar-refractivity contribution is -0.120. The molecule has 0 aliphatic carbocycles. The van der Waals surface area contributed by atoms with Crippen LogP contribution in [0.2, 0.25) is 12.1 Å². The molecule has 0 aromatic carbocycles. The molecular formula is C10H20ClNO2Si. The first-order valence-corrected chi connectivity index (χ1v) is 8.27. The molecule has 1 N–H and O–H groups in total. The molecule has 5 heteroatoms. The average molecular weight is 250 g/mol. The first-order valence-electron chi connectivity index (χ1n) is 5.73. The quantitative estimate of drug-likeness (QED) is 0.457. The van der Waals surface area contributed by atoms with Crippen LogP contribution in [0.1, 0.15) is 26.2 Å². The van der Waals surface area contributed by atoms with Crippen molar-refractivity contribution in [3.05, 3.63) is 0 Å². The van der Waals surface area contributed by atoms with Gasteiger partial charge in [0.05, 0.1) is 0 Å². The summed E-state index contributed by atoms with van der Waals surface area (Å²) >= 11 is 5.63. The third-order valence-corrected chi connectivity index (χ3v) is 5.65. The van der Waals surface area contributed by atoms with Crippen molar-refractivity contribution in [3.8, 4) is 0 Å². The Kier molecular flexibility index (Phi) is 6.29. The second-order valence-electron chi connectivity index (χ2n) is 4.04. The highest BCUT2D eigenvalue weighted by Crippen LogP contribution is 2.14. The van der Waals surface area contributed by atoms with E-state index in [9.17, 15) is 4.79 Å². The van der Waals surface area contributed by atoms with Gasteiger partial charge in [0, 0.05) is 13.2 Å². The number of nitrogens with one attached hydrogen (secondary N) is 1. The van der Waals surface area contributed by atoms with Gasteiger partial charge in [0.2, 0.25) is 5.91 Å². The van der Waals surface area contributed by atoms with Gasteiger partial charge in [-0.25, -0.2) is 0 Å². The van der Waals surface area contributed by atoms with Gasteiger partial charge in [-0.05, 0) is 31.9 Å². The molecule has 2 atom stereocenters. The van der Waals surface area contributed by atoms with E-state index in [0.29, 0.717) is 0 Å². The van der Waals surface area contributed by atoms with E-state index in [2.05, 4.69) is 5.32 Å². The Morgan fingerprint density at radius 2 is 2.40 bits per heavy atom. The van der Waals surface area contributed by atoms with Gasteiger partial charge in [-0.3, -0.25) is 4.79 Å². The second kappa shape index (κ2) is 7.25. The Balaban J connectivity index is 1.98. The molecule has 0 radical (unpaired) electrons. The molecule has 1 saturated heterocycles. The number of carbonyl (C=O) groups is 1. The summed E-state index contributed by atoms with van der Waals surface area (Å²) in [5.41, 5.74) is 0. The van der Waals surface area contributed by atoms with Crippen molar-refractivity contribution in [3.63, 3.8) is 0 Å². The van der Waals surface area contributed by atoms with Gasteiger partial charge >= 0.3 is 0 Å². The summed E-state index contributed by atoms with van der Waals surface area (Å²) in [5, 5.41) is 2.39. The number of hydrogen-bond donors (Lipinski definition) is 1. The molecule has 0 aromatic rings. The van der Waals surface area contributed by atoms with Crippen LogP contribution in [0.3, 0.4) is 0 Å². The molecule has 1 amide bonds. The Bertz CT molecular complexity index is 196. The molecule has 3 nitrogen and oxygen atoms in total. The van der Waals surface area contributed by atoms with Crippen LogP contribution < -0.4 is 5.32 Å². The lowest BCUT2D eigenvalue weighted by Crippen LogP contribution is -2.31. The number of hydrogen-bond acceptors (Lipinski definition) is 2. The van der Waals surface area contributed by atoms with Crippen LogP contribution in [0, 0.1) is 0 Å². The predicted octanol–water partition coefficient (Wildman–Crippen LogP) is 1.65. The van der Waals surface area contributed by atoms with Crippen molar-refractivity contribution in [1.82, 2.24) is 5.32 Å². The van der Waals surface area contributed by atoms with E-state index < -0.39 is 14.4 Å². The van der Waals surface area contributed by atoms with Crippen molar-refractivity contribution >= 4 is 26.5 Å². The molecule has 0 aromatic heterocycles. The lowest BCUT2D eigenvalue weighted by atomic mass is 10.4. The van der Waals surface area contributed by atoms with E-state index in [4.69, 9.17) is 16.0 Å². The number of amides is 1. The highest BCUT2D eigenvalue weighted by molar-refractivity contribution is 6.51. The highest BCUT2D eigenvalue weighted by atomic mass is 35.5. The van der Waals surface area contributed by atoms with Gasteiger partial charge in [-0.2, -0.15) is 0 Å².